The molecule has 20 heavy (non-hydrogen) atoms. The van der Waals surface area contributed by atoms with Crippen LogP contribution in [-0.2, 0) is 0 Å². The van der Waals surface area contributed by atoms with E-state index in [1.165, 1.54) is 50.4 Å². The van der Waals surface area contributed by atoms with Crippen LogP contribution in [0, 0.1) is 11.8 Å². The summed E-state index contributed by atoms with van der Waals surface area (Å²) >= 11 is 2.08. The molecular weight excluding hydrogens is 264 g/mol. The summed E-state index contributed by atoms with van der Waals surface area (Å²) in [6, 6.07) is 1.46. The molecular formula is C17H36N2S. The Labute approximate surface area is 131 Å². The Morgan fingerprint density at radius 2 is 1.85 bits per heavy atom. The Kier molecular flexibility index (Phi) is 9.23. The van der Waals surface area contributed by atoms with Crippen LogP contribution in [0.1, 0.15) is 53.9 Å². The lowest BCUT2D eigenvalue weighted by molar-refractivity contribution is 0.107. The minimum Gasteiger partial charge on any atom is -0.311 e. The van der Waals surface area contributed by atoms with Crippen LogP contribution in [0.15, 0.2) is 0 Å². The van der Waals surface area contributed by atoms with Gasteiger partial charge in [0.2, 0.25) is 0 Å². The molecule has 0 aliphatic carbocycles. The first-order chi connectivity index (χ1) is 9.52. The number of nitrogens with one attached hydrogen (secondary N) is 1. The maximum atomic E-state index is 3.79. The summed E-state index contributed by atoms with van der Waals surface area (Å²) < 4.78 is 0. The fourth-order valence-electron chi connectivity index (χ4n) is 3.22. The van der Waals surface area contributed by atoms with Crippen LogP contribution >= 0.6 is 11.8 Å². The van der Waals surface area contributed by atoms with Crippen molar-refractivity contribution in [2.45, 2.75) is 66.0 Å². The molecule has 0 aromatic rings. The highest BCUT2D eigenvalue weighted by atomic mass is 32.2. The maximum Gasteiger partial charge on any atom is 0.0223 e. The van der Waals surface area contributed by atoms with Crippen LogP contribution in [-0.4, -0.2) is 48.1 Å². The topological polar surface area (TPSA) is 15.3 Å². The van der Waals surface area contributed by atoms with E-state index < -0.39 is 0 Å². The Morgan fingerprint density at radius 3 is 2.45 bits per heavy atom. The van der Waals surface area contributed by atoms with E-state index in [1.807, 2.05) is 0 Å². The molecule has 2 nitrogen and oxygen atoms in total. The van der Waals surface area contributed by atoms with Gasteiger partial charge in [-0.2, -0.15) is 11.8 Å². The van der Waals surface area contributed by atoms with E-state index in [1.54, 1.807) is 0 Å². The number of thioether (sulfide) groups is 1. The molecule has 3 heteroatoms. The summed E-state index contributed by atoms with van der Waals surface area (Å²) in [6.45, 7) is 15.4. The number of piperazine rings is 1. The largest absolute Gasteiger partial charge is 0.311 e. The van der Waals surface area contributed by atoms with E-state index in [-0.39, 0.29) is 0 Å². The molecule has 120 valence electrons. The fraction of sp³-hybridized carbons (Fsp3) is 1.00. The Hall–Kier alpha value is 0.270. The lowest BCUT2D eigenvalue weighted by atomic mass is 9.95. The molecule has 0 saturated carbocycles. The molecule has 1 rings (SSSR count). The summed E-state index contributed by atoms with van der Waals surface area (Å²) in [5.74, 6) is 4.18. The summed E-state index contributed by atoms with van der Waals surface area (Å²) in [5, 5.41) is 3.79. The fourth-order valence-corrected chi connectivity index (χ4v) is 3.84. The zero-order chi connectivity index (χ0) is 15.0. The number of hydrogen-bond donors (Lipinski definition) is 1. The summed E-state index contributed by atoms with van der Waals surface area (Å²) in [6.07, 6.45) is 4.00. The SMILES string of the molecule is CCSCCCN1CC(CC(C)C)NCC1CC(C)C. The van der Waals surface area contributed by atoms with Gasteiger partial charge in [0.1, 0.15) is 0 Å². The number of nitrogens with zero attached hydrogens (tertiary/aromatic N) is 1. The van der Waals surface area contributed by atoms with Gasteiger partial charge in [0, 0.05) is 25.2 Å². The van der Waals surface area contributed by atoms with Crippen molar-refractivity contribution in [1.82, 2.24) is 10.2 Å². The predicted molar refractivity (Wildman–Crippen MR) is 93.7 cm³/mol. The molecule has 1 saturated heterocycles. The van der Waals surface area contributed by atoms with Crippen LogP contribution < -0.4 is 5.32 Å². The van der Waals surface area contributed by atoms with Gasteiger partial charge in [0.05, 0.1) is 0 Å². The molecule has 0 radical (unpaired) electrons. The van der Waals surface area contributed by atoms with Gasteiger partial charge in [0.15, 0.2) is 0 Å². The molecule has 1 heterocycles. The minimum atomic E-state index is 0.706. The van der Waals surface area contributed by atoms with E-state index in [0.29, 0.717) is 6.04 Å². The molecule has 0 aromatic carbocycles. The number of rotatable bonds is 9. The smallest absolute Gasteiger partial charge is 0.0223 e. The molecule has 0 bridgehead atoms. The van der Waals surface area contributed by atoms with Crippen molar-refractivity contribution in [1.29, 1.82) is 0 Å². The first-order valence-electron chi connectivity index (χ1n) is 8.58. The van der Waals surface area contributed by atoms with Crippen LogP contribution in [0.5, 0.6) is 0 Å². The molecule has 2 unspecified atom stereocenters. The minimum absolute atomic E-state index is 0.706. The van der Waals surface area contributed by atoms with Gasteiger partial charge < -0.3 is 5.32 Å². The van der Waals surface area contributed by atoms with Crippen molar-refractivity contribution < 1.29 is 0 Å². The monoisotopic (exact) mass is 300 g/mol. The van der Waals surface area contributed by atoms with E-state index in [9.17, 15) is 0 Å². The average Bonchev–Trinajstić information content (AvgIpc) is 2.36. The van der Waals surface area contributed by atoms with E-state index in [4.69, 9.17) is 0 Å². The Bertz CT molecular complexity index is 243. The van der Waals surface area contributed by atoms with Crippen LogP contribution in [0.4, 0.5) is 0 Å². The zero-order valence-corrected chi connectivity index (χ0v) is 15.1. The summed E-state index contributed by atoms with van der Waals surface area (Å²) in [7, 11) is 0. The molecule has 1 aliphatic heterocycles. The van der Waals surface area contributed by atoms with Crippen LogP contribution in [0.25, 0.3) is 0 Å². The van der Waals surface area contributed by atoms with E-state index in [2.05, 4.69) is 56.6 Å². The molecule has 0 spiro atoms. The van der Waals surface area contributed by atoms with Crippen molar-refractivity contribution in [3.05, 3.63) is 0 Å². The zero-order valence-electron chi connectivity index (χ0n) is 14.3. The van der Waals surface area contributed by atoms with E-state index >= 15 is 0 Å². The molecule has 1 N–H and O–H groups in total. The first kappa shape index (κ1) is 18.3. The van der Waals surface area contributed by atoms with Gasteiger partial charge in [-0.1, -0.05) is 34.6 Å². The third kappa shape index (κ3) is 7.33. The van der Waals surface area contributed by atoms with Gasteiger partial charge in [-0.3, -0.25) is 4.90 Å². The third-order valence-corrected chi connectivity index (χ3v) is 5.04. The second kappa shape index (κ2) is 10.1. The standard InChI is InChI=1S/C17H36N2S/c1-6-20-9-7-8-19-13-16(10-14(2)3)18-12-17(19)11-15(4)5/h14-18H,6-13H2,1-5H3. The van der Waals surface area contributed by atoms with Gasteiger partial charge in [-0.25, -0.2) is 0 Å². The first-order valence-corrected chi connectivity index (χ1v) is 9.73. The van der Waals surface area contributed by atoms with Gasteiger partial charge >= 0.3 is 0 Å². The van der Waals surface area contributed by atoms with Crippen molar-refractivity contribution >= 4 is 11.8 Å². The average molecular weight is 301 g/mol. The third-order valence-electron chi connectivity index (χ3n) is 4.05. The second-order valence-electron chi connectivity index (χ2n) is 7.06. The summed E-state index contributed by atoms with van der Waals surface area (Å²) in [5.41, 5.74) is 0. The normalized spacial score (nSPS) is 24.8. The van der Waals surface area contributed by atoms with Gasteiger partial charge in [-0.05, 0) is 49.1 Å². The second-order valence-corrected chi connectivity index (χ2v) is 8.46. The number of hydrogen-bond acceptors (Lipinski definition) is 3. The highest BCUT2D eigenvalue weighted by molar-refractivity contribution is 7.99. The van der Waals surface area contributed by atoms with E-state index in [0.717, 1.165) is 17.9 Å². The maximum absolute atomic E-state index is 3.79. The van der Waals surface area contributed by atoms with Gasteiger partial charge in [-0.15, -0.1) is 0 Å². The molecule has 0 amide bonds. The van der Waals surface area contributed by atoms with Crippen molar-refractivity contribution in [2.24, 2.45) is 11.8 Å². The van der Waals surface area contributed by atoms with Gasteiger partial charge in [0.25, 0.3) is 0 Å². The van der Waals surface area contributed by atoms with Crippen molar-refractivity contribution in [3.8, 4) is 0 Å². The highest BCUT2D eigenvalue weighted by Gasteiger charge is 2.28. The predicted octanol–water partition coefficient (Wildman–Crippen LogP) is 3.86. The Balaban J connectivity index is 2.44. The van der Waals surface area contributed by atoms with Crippen LogP contribution in [0.2, 0.25) is 0 Å². The Morgan fingerprint density at radius 1 is 1.15 bits per heavy atom. The molecule has 0 aromatic heterocycles. The molecule has 1 fully saturated rings. The molecule has 1 aliphatic rings. The van der Waals surface area contributed by atoms with Crippen molar-refractivity contribution in [2.75, 3.05) is 31.1 Å². The molecule has 2 atom stereocenters. The quantitative estimate of drug-likeness (QED) is 0.651. The lowest BCUT2D eigenvalue weighted by Gasteiger charge is -2.42. The van der Waals surface area contributed by atoms with Crippen molar-refractivity contribution in [3.63, 3.8) is 0 Å². The lowest BCUT2D eigenvalue weighted by Crippen LogP contribution is -2.57. The highest BCUT2D eigenvalue weighted by Crippen LogP contribution is 2.19. The van der Waals surface area contributed by atoms with Crippen LogP contribution in [0.3, 0.4) is 0 Å². The summed E-state index contributed by atoms with van der Waals surface area (Å²) in [4.78, 5) is 2.78.